The molecule has 1 fully saturated rings. The number of carbonyl (C=O) groups is 1. The van der Waals surface area contributed by atoms with Crippen molar-refractivity contribution in [2.75, 3.05) is 18.9 Å². The number of likely N-dealkylation sites (tertiary alicyclic amines) is 1. The van der Waals surface area contributed by atoms with Crippen LogP contribution in [0.3, 0.4) is 0 Å². The Morgan fingerprint density at radius 3 is 2.81 bits per heavy atom. The lowest BCUT2D eigenvalue weighted by Gasteiger charge is -2.21. The zero-order valence-corrected chi connectivity index (χ0v) is 18.1. The molecule has 0 aliphatic carbocycles. The number of aliphatic hydroxyl groups is 1. The Balaban J connectivity index is 1.41. The lowest BCUT2D eigenvalue weighted by Crippen LogP contribution is -2.36. The van der Waals surface area contributed by atoms with Crippen molar-refractivity contribution in [2.24, 2.45) is 0 Å². The molecular formula is C23H20N6O2S. The SMILES string of the molecule is CN1CC[C@@](O)(c2cccc(-c3nc(-c4ccnc(Nc5cccnc5)n4)cs3)c2)C1=O. The highest BCUT2D eigenvalue weighted by Gasteiger charge is 2.45. The van der Waals surface area contributed by atoms with E-state index in [2.05, 4.69) is 20.3 Å². The van der Waals surface area contributed by atoms with Crippen molar-refractivity contribution in [3.8, 4) is 22.0 Å². The number of benzene rings is 1. The summed E-state index contributed by atoms with van der Waals surface area (Å²) in [4.78, 5) is 31.7. The third-order valence-electron chi connectivity index (χ3n) is 5.44. The van der Waals surface area contributed by atoms with Gasteiger partial charge in [0.05, 0.1) is 17.6 Å². The third-order valence-corrected chi connectivity index (χ3v) is 6.33. The van der Waals surface area contributed by atoms with Crippen LogP contribution >= 0.6 is 11.3 Å². The number of rotatable bonds is 5. The van der Waals surface area contributed by atoms with Crippen molar-refractivity contribution < 1.29 is 9.90 Å². The summed E-state index contributed by atoms with van der Waals surface area (Å²) in [6.07, 6.45) is 5.46. The Hall–Kier alpha value is -3.69. The lowest BCUT2D eigenvalue weighted by molar-refractivity contribution is -0.143. The Morgan fingerprint density at radius 1 is 1.12 bits per heavy atom. The summed E-state index contributed by atoms with van der Waals surface area (Å²) < 4.78 is 0. The number of aromatic nitrogens is 4. The minimum Gasteiger partial charge on any atom is -0.375 e. The largest absolute Gasteiger partial charge is 0.375 e. The standard InChI is InChI=1S/C23H20N6O2S/c1-29-11-8-23(31,21(29)30)16-5-2-4-15(12-16)20-27-19(14-32-20)18-7-10-25-22(28-18)26-17-6-3-9-24-13-17/h2-7,9-10,12-14,31H,8,11H2,1H3,(H,25,26,28)/t23-/m1/s1. The smallest absolute Gasteiger partial charge is 0.258 e. The fourth-order valence-corrected chi connectivity index (χ4v) is 4.49. The number of nitrogens with zero attached hydrogens (tertiary/aromatic N) is 5. The van der Waals surface area contributed by atoms with Gasteiger partial charge >= 0.3 is 0 Å². The van der Waals surface area contributed by atoms with Gasteiger partial charge in [0, 0.05) is 43.4 Å². The average molecular weight is 445 g/mol. The van der Waals surface area contributed by atoms with Crippen LogP contribution < -0.4 is 5.32 Å². The van der Waals surface area contributed by atoms with Gasteiger partial charge in [-0.25, -0.2) is 15.0 Å². The molecule has 2 N–H and O–H groups in total. The van der Waals surface area contributed by atoms with E-state index in [1.165, 1.54) is 11.3 Å². The molecule has 1 aliphatic rings. The summed E-state index contributed by atoms with van der Waals surface area (Å²) in [5.74, 6) is 0.183. The zero-order valence-electron chi connectivity index (χ0n) is 17.3. The van der Waals surface area contributed by atoms with Crippen LogP contribution in [0.15, 0.2) is 66.4 Å². The molecule has 8 nitrogen and oxygen atoms in total. The van der Waals surface area contributed by atoms with Crippen LogP contribution in [0.5, 0.6) is 0 Å². The molecule has 5 rings (SSSR count). The normalized spacial score (nSPS) is 18.2. The lowest BCUT2D eigenvalue weighted by atomic mass is 9.91. The van der Waals surface area contributed by atoms with Crippen LogP contribution in [0, 0.1) is 0 Å². The Bertz CT molecular complexity index is 1280. The Kier molecular flexibility index (Phi) is 5.12. The molecule has 1 aliphatic heterocycles. The van der Waals surface area contributed by atoms with E-state index in [-0.39, 0.29) is 5.91 Å². The molecule has 1 atom stereocenters. The van der Waals surface area contributed by atoms with E-state index in [0.717, 1.165) is 22.0 Å². The number of pyridine rings is 1. The molecular weight excluding hydrogens is 424 g/mol. The van der Waals surface area contributed by atoms with Crippen LogP contribution in [0.2, 0.25) is 0 Å². The van der Waals surface area contributed by atoms with Gasteiger partial charge in [0.15, 0.2) is 5.60 Å². The first-order chi connectivity index (χ1) is 15.5. The number of amides is 1. The second-order valence-electron chi connectivity index (χ2n) is 7.59. The number of thiazole rings is 1. The summed E-state index contributed by atoms with van der Waals surface area (Å²) in [5.41, 5.74) is 2.16. The number of hydrogen-bond donors (Lipinski definition) is 2. The molecule has 3 aromatic heterocycles. The van der Waals surface area contributed by atoms with E-state index in [1.807, 2.05) is 35.7 Å². The Labute approximate surface area is 188 Å². The second kappa shape index (κ2) is 8.10. The monoisotopic (exact) mass is 444 g/mol. The van der Waals surface area contributed by atoms with Crippen LogP contribution in [-0.2, 0) is 10.4 Å². The van der Waals surface area contributed by atoms with Gasteiger partial charge < -0.3 is 15.3 Å². The molecule has 160 valence electrons. The minimum atomic E-state index is -1.48. The summed E-state index contributed by atoms with van der Waals surface area (Å²) in [6, 6.07) is 12.9. The molecule has 32 heavy (non-hydrogen) atoms. The van der Waals surface area contributed by atoms with Crippen molar-refractivity contribution in [1.29, 1.82) is 0 Å². The fourth-order valence-electron chi connectivity index (χ4n) is 3.68. The molecule has 4 heterocycles. The number of hydrogen-bond acceptors (Lipinski definition) is 8. The van der Waals surface area contributed by atoms with Gasteiger partial charge in [-0.3, -0.25) is 9.78 Å². The highest BCUT2D eigenvalue weighted by atomic mass is 32.1. The second-order valence-corrected chi connectivity index (χ2v) is 8.45. The molecule has 0 saturated carbocycles. The molecule has 0 spiro atoms. The van der Waals surface area contributed by atoms with E-state index in [1.54, 1.807) is 42.7 Å². The van der Waals surface area contributed by atoms with E-state index < -0.39 is 5.60 Å². The minimum absolute atomic E-state index is 0.274. The summed E-state index contributed by atoms with van der Waals surface area (Å²) >= 11 is 1.48. The first kappa shape index (κ1) is 20.2. The summed E-state index contributed by atoms with van der Waals surface area (Å²) in [7, 11) is 1.70. The first-order valence-electron chi connectivity index (χ1n) is 10.1. The predicted octanol–water partition coefficient (Wildman–Crippen LogP) is 3.46. The number of likely N-dealkylation sites (N-methyl/N-ethyl adjacent to an activating group) is 1. The van der Waals surface area contributed by atoms with Gasteiger partial charge in [0.2, 0.25) is 5.95 Å². The number of nitrogens with one attached hydrogen (secondary N) is 1. The predicted molar refractivity (Wildman–Crippen MR) is 122 cm³/mol. The zero-order chi connectivity index (χ0) is 22.1. The maximum atomic E-state index is 12.5. The van der Waals surface area contributed by atoms with E-state index in [0.29, 0.717) is 30.2 Å². The molecule has 9 heteroatoms. The van der Waals surface area contributed by atoms with Crippen molar-refractivity contribution in [2.45, 2.75) is 12.0 Å². The van der Waals surface area contributed by atoms with E-state index in [4.69, 9.17) is 4.98 Å². The van der Waals surface area contributed by atoms with Gasteiger partial charge in [-0.2, -0.15) is 0 Å². The molecule has 1 aromatic carbocycles. The van der Waals surface area contributed by atoms with Gasteiger partial charge in [-0.05, 0) is 29.8 Å². The molecule has 0 radical (unpaired) electrons. The van der Waals surface area contributed by atoms with Crippen molar-refractivity contribution >= 4 is 28.9 Å². The average Bonchev–Trinajstić information content (AvgIpc) is 3.42. The van der Waals surface area contributed by atoms with Crippen molar-refractivity contribution in [3.63, 3.8) is 0 Å². The topological polar surface area (TPSA) is 104 Å². The van der Waals surface area contributed by atoms with Crippen LogP contribution in [0.1, 0.15) is 12.0 Å². The summed E-state index contributed by atoms with van der Waals surface area (Å²) in [5, 5.41) is 16.8. The van der Waals surface area contributed by atoms with E-state index >= 15 is 0 Å². The molecule has 0 unspecified atom stereocenters. The maximum absolute atomic E-state index is 12.5. The van der Waals surface area contributed by atoms with Gasteiger partial charge in [-0.1, -0.05) is 18.2 Å². The molecule has 1 saturated heterocycles. The van der Waals surface area contributed by atoms with Gasteiger partial charge in [0.25, 0.3) is 5.91 Å². The fraction of sp³-hybridized carbons (Fsp3) is 0.174. The highest BCUT2D eigenvalue weighted by Crippen LogP contribution is 2.36. The Morgan fingerprint density at radius 2 is 2.03 bits per heavy atom. The number of carbonyl (C=O) groups excluding carboxylic acids is 1. The molecule has 1 amide bonds. The quantitative estimate of drug-likeness (QED) is 0.486. The molecule has 4 aromatic rings. The van der Waals surface area contributed by atoms with Crippen LogP contribution in [0.4, 0.5) is 11.6 Å². The van der Waals surface area contributed by atoms with Gasteiger partial charge in [-0.15, -0.1) is 11.3 Å². The van der Waals surface area contributed by atoms with Crippen molar-refractivity contribution in [3.05, 3.63) is 72.0 Å². The highest BCUT2D eigenvalue weighted by molar-refractivity contribution is 7.13. The summed E-state index contributed by atoms with van der Waals surface area (Å²) in [6.45, 7) is 0.532. The van der Waals surface area contributed by atoms with Crippen LogP contribution in [-0.4, -0.2) is 49.4 Å². The molecule has 0 bridgehead atoms. The maximum Gasteiger partial charge on any atom is 0.258 e. The van der Waals surface area contributed by atoms with Gasteiger partial charge in [0.1, 0.15) is 10.7 Å². The van der Waals surface area contributed by atoms with Crippen LogP contribution in [0.25, 0.3) is 22.0 Å². The first-order valence-corrected chi connectivity index (χ1v) is 11.0. The number of anilines is 2. The van der Waals surface area contributed by atoms with E-state index in [9.17, 15) is 9.90 Å². The third kappa shape index (κ3) is 3.72. The van der Waals surface area contributed by atoms with Crippen molar-refractivity contribution in [1.82, 2.24) is 24.8 Å².